The maximum atomic E-state index is 3.55. The van der Waals surface area contributed by atoms with Crippen LogP contribution in [-0.4, -0.2) is 0 Å². The topological polar surface area (TPSA) is 0 Å². The van der Waals surface area contributed by atoms with E-state index in [1.54, 1.807) is 0 Å². The van der Waals surface area contributed by atoms with Crippen molar-refractivity contribution in [2.45, 2.75) is 13.8 Å². The van der Waals surface area contributed by atoms with Crippen molar-refractivity contribution >= 4 is 44.0 Å². The molecule has 0 N–H and O–H groups in total. The van der Waals surface area contributed by atoms with E-state index in [2.05, 4.69) is 94.3 Å². The lowest BCUT2D eigenvalue weighted by Gasteiger charge is -2.01. The molecule has 0 saturated heterocycles. The van der Waals surface area contributed by atoms with Crippen molar-refractivity contribution in [3.63, 3.8) is 0 Å². The zero-order chi connectivity index (χ0) is 13.1. The average Bonchev–Trinajstić information content (AvgIpc) is 2.35. The molecule has 0 heterocycles. The maximum absolute atomic E-state index is 3.55. The van der Waals surface area contributed by atoms with Crippen LogP contribution in [-0.2, 0) is 0 Å². The van der Waals surface area contributed by atoms with Crippen molar-refractivity contribution in [3.8, 4) is 0 Å². The van der Waals surface area contributed by atoms with Gasteiger partial charge in [-0.05, 0) is 48.2 Å². The third-order valence-corrected chi connectivity index (χ3v) is 4.57. The van der Waals surface area contributed by atoms with Crippen LogP contribution in [0.15, 0.2) is 45.3 Å². The smallest absolute Gasteiger partial charge is 0.0210 e. The molecule has 2 rings (SSSR count). The van der Waals surface area contributed by atoms with Gasteiger partial charge >= 0.3 is 0 Å². The Kier molecular flexibility index (Phi) is 4.41. The van der Waals surface area contributed by atoms with E-state index in [-0.39, 0.29) is 0 Å². The summed E-state index contributed by atoms with van der Waals surface area (Å²) >= 11 is 7.10. The molecule has 92 valence electrons. The molecule has 0 unspecified atom stereocenters. The van der Waals surface area contributed by atoms with E-state index in [1.165, 1.54) is 22.3 Å². The second kappa shape index (κ2) is 5.85. The first kappa shape index (κ1) is 13.6. The fourth-order valence-corrected chi connectivity index (χ4v) is 2.41. The van der Waals surface area contributed by atoms with Crippen molar-refractivity contribution in [2.75, 3.05) is 0 Å². The summed E-state index contributed by atoms with van der Waals surface area (Å²) in [4.78, 5) is 0. The van der Waals surface area contributed by atoms with Gasteiger partial charge in [-0.1, -0.05) is 68.3 Å². The second-order valence-corrected chi connectivity index (χ2v) is 6.06. The monoisotopic (exact) mass is 364 g/mol. The summed E-state index contributed by atoms with van der Waals surface area (Å²) in [5.41, 5.74) is 4.91. The van der Waals surface area contributed by atoms with E-state index in [9.17, 15) is 0 Å². The van der Waals surface area contributed by atoms with Crippen LogP contribution in [0.5, 0.6) is 0 Å². The van der Waals surface area contributed by atoms with Gasteiger partial charge in [0.1, 0.15) is 0 Å². The number of benzene rings is 2. The van der Waals surface area contributed by atoms with Crippen LogP contribution in [0.1, 0.15) is 22.3 Å². The lowest BCUT2D eigenvalue weighted by atomic mass is 10.1. The number of rotatable bonds is 2. The van der Waals surface area contributed by atoms with Gasteiger partial charge in [0.15, 0.2) is 0 Å². The third-order valence-electron chi connectivity index (χ3n) is 2.86. The minimum absolute atomic E-state index is 1.15. The molecule has 0 spiro atoms. The molecule has 18 heavy (non-hydrogen) atoms. The summed E-state index contributed by atoms with van der Waals surface area (Å²) in [5, 5.41) is 0. The first-order valence-corrected chi connectivity index (χ1v) is 7.35. The molecule has 0 atom stereocenters. The molecule has 2 aromatic carbocycles. The first-order chi connectivity index (χ1) is 8.56. The summed E-state index contributed by atoms with van der Waals surface area (Å²) in [7, 11) is 0. The zero-order valence-electron chi connectivity index (χ0n) is 10.4. The van der Waals surface area contributed by atoms with E-state index >= 15 is 0 Å². The number of hydrogen-bond acceptors (Lipinski definition) is 0. The van der Waals surface area contributed by atoms with Crippen molar-refractivity contribution in [3.05, 3.63) is 67.6 Å². The number of aryl methyl sites for hydroxylation is 2. The predicted octanol–water partition coefficient (Wildman–Crippen LogP) is 6.00. The molecule has 0 aliphatic carbocycles. The quantitative estimate of drug-likeness (QED) is 0.572. The van der Waals surface area contributed by atoms with Gasteiger partial charge < -0.3 is 0 Å². The molecule has 2 aromatic rings. The van der Waals surface area contributed by atoms with Crippen molar-refractivity contribution in [2.24, 2.45) is 0 Å². The van der Waals surface area contributed by atoms with Gasteiger partial charge in [-0.25, -0.2) is 0 Å². The van der Waals surface area contributed by atoms with Crippen LogP contribution in [0, 0.1) is 13.8 Å². The highest BCUT2D eigenvalue weighted by Gasteiger charge is 1.96. The molecule has 0 bridgehead atoms. The van der Waals surface area contributed by atoms with Crippen LogP contribution in [0.3, 0.4) is 0 Å². The predicted molar refractivity (Wildman–Crippen MR) is 86.7 cm³/mol. The molecule has 0 aromatic heterocycles. The average molecular weight is 366 g/mol. The lowest BCUT2D eigenvalue weighted by Crippen LogP contribution is -1.79. The molecular formula is C16H14Br2. The fourth-order valence-electron chi connectivity index (χ4n) is 1.62. The summed E-state index contributed by atoms with van der Waals surface area (Å²) in [6, 6.07) is 12.8. The molecule has 2 heteroatoms. The van der Waals surface area contributed by atoms with Gasteiger partial charge in [-0.2, -0.15) is 0 Å². The molecule has 0 fully saturated rings. The van der Waals surface area contributed by atoms with Gasteiger partial charge in [0.2, 0.25) is 0 Å². The largest absolute Gasteiger partial charge is 0.0576 e. The molecule has 0 aliphatic heterocycles. The van der Waals surface area contributed by atoms with Crippen LogP contribution in [0.25, 0.3) is 12.2 Å². The third kappa shape index (κ3) is 3.33. The highest BCUT2D eigenvalue weighted by atomic mass is 79.9. The summed E-state index contributed by atoms with van der Waals surface area (Å²) in [6.07, 6.45) is 4.25. The lowest BCUT2D eigenvalue weighted by molar-refractivity contribution is 1.42. The normalized spacial score (nSPS) is 11.1. The summed E-state index contributed by atoms with van der Waals surface area (Å²) < 4.78 is 2.30. The molecule has 0 radical (unpaired) electrons. The number of hydrogen-bond donors (Lipinski definition) is 0. The SMILES string of the molecule is Cc1ccc(C=Cc2ccc(C)c(Br)c2)cc1Br. The Morgan fingerprint density at radius 3 is 1.44 bits per heavy atom. The van der Waals surface area contributed by atoms with Crippen LogP contribution < -0.4 is 0 Å². The Morgan fingerprint density at radius 2 is 1.11 bits per heavy atom. The Morgan fingerprint density at radius 1 is 0.722 bits per heavy atom. The van der Waals surface area contributed by atoms with Crippen molar-refractivity contribution < 1.29 is 0 Å². The standard InChI is InChI=1S/C16H14Br2/c1-11-3-5-13(9-15(11)17)7-8-14-6-4-12(2)16(18)10-14/h3-10H,1-2H3. The maximum Gasteiger partial charge on any atom is 0.0210 e. The molecular weight excluding hydrogens is 352 g/mol. The minimum Gasteiger partial charge on any atom is -0.0576 e. The van der Waals surface area contributed by atoms with E-state index in [1.807, 2.05) is 0 Å². The van der Waals surface area contributed by atoms with Crippen molar-refractivity contribution in [1.82, 2.24) is 0 Å². The van der Waals surface area contributed by atoms with E-state index in [0.29, 0.717) is 0 Å². The van der Waals surface area contributed by atoms with Gasteiger partial charge in [-0.3, -0.25) is 0 Å². The fraction of sp³-hybridized carbons (Fsp3) is 0.125. The second-order valence-electron chi connectivity index (χ2n) is 4.35. The van der Waals surface area contributed by atoms with Crippen LogP contribution in [0.2, 0.25) is 0 Å². The minimum atomic E-state index is 1.15. The zero-order valence-corrected chi connectivity index (χ0v) is 13.5. The van der Waals surface area contributed by atoms with E-state index < -0.39 is 0 Å². The van der Waals surface area contributed by atoms with Gasteiger partial charge in [0.05, 0.1) is 0 Å². The summed E-state index contributed by atoms with van der Waals surface area (Å²) in [6.45, 7) is 4.18. The van der Waals surface area contributed by atoms with Crippen LogP contribution >= 0.6 is 31.9 Å². The van der Waals surface area contributed by atoms with Crippen molar-refractivity contribution in [1.29, 1.82) is 0 Å². The Labute approximate surface area is 125 Å². The van der Waals surface area contributed by atoms with E-state index in [4.69, 9.17) is 0 Å². The van der Waals surface area contributed by atoms with Gasteiger partial charge in [0, 0.05) is 8.95 Å². The van der Waals surface area contributed by atoms with Gasteiger partial charge in [0.25, 0.3) is 0 Å². The highest BCUT2D eigenvalue weighted by Crippen LogP contribution is 2.21. The summed E-state index contributed by atoms with van der Waals surface area (Å²) in [5.74, 6) is 0. The highest BCUT2D eigenvalue weighted by molar-refractivity contribution is 9.10. The van der Waals surface area contributed by atoms with E-state index in [0.717, 1.165) is 8.95 Å². The van der Waals surface area contributed by atoms with Crippen LogP contribution in [0.4, 0.5) is 0 Å². The first-order valence-electron chi connectivity index (χ1n) is 5.76. The molecule has 0 nitrogen and oxygen atoms in total. The Balaban J connectivity index is 2.24. The molecule has 0 aliphatic rings. The Bertz CT molecular complexity index is 545. The number of halogens is 2. The molecule has 0 saturated carbocycles. The molecule has 0 amide bonds. The van der Waals surface area contributed by atoms with Gasteiger partial charge in [-0.15, -0.1) is 0 Å². The Hall–Kier alpha value is -0.860.